The number of nitrogens with one attached hydrogen (secondary N) is 1. The Hall–Kier alpha value is -3.20. The summed E-state index contributed by atoms with van der Waals surface area (Å²) >= 11 is 0. The molecule has 0 aromatic heterocycles. The van der Waals surface area contributed by atoms with E-state index in [9.17, 15) is 18.4 Å². The number of hydrogen-bond acceptors (Lipinski definition) is 2. The van der Waals surface area contributed by atoms with Gasteiger partial charge in [-0.05, 0) is 36.4 Å². The highest BCUT2D eigenvalue weighted by atomic mass is 19.1. The number of rotatable bonds is 3. The van der Waals surface area contributed by atoms with Gasteiger partial charge in [0.1, 0.15) is 11.6 Å². The molecule has 1 aliphatic heterocycles. The molecule has 6 heteroatoms. The number of nitrogens with zero attached hydrogens (tertiary/aromatic N) is 1. The number of hydrogen-bond donors (Lipinski definition) is 1. The molecule has 0 radical (unpaired) electrons. The predicted octanol–water partition coefficient (Wildman–Crippen LogP) is 2.49. The Morgan fingerprint density at radius 2 is 1.88 bits per heavy atom. The second kappa shape index (κ2) is 7.79. The Morgan fingerprint density at radius 1 is 1.15 bits per heavy atom. The van der Waals surface area contributed by atoms with E-state index in [0.717, 1.165) is 0 Å². The molecule has 1 fully saturated rings. The van der Waals surface area contributed by atoms with Gasteiger partial charge in [0.15, 0.2) is 0 Å². The van der Waals surface area contributed by atoms with E-state index in [4.69, 9.17) is 0 Å². The summed E-state index contributed by atoms with van der Waals surface area (Å²) in [5, 5.41) is 2.64. The third kappa shape index (κ3) is 4.06. The topological polar surface area (TPSA) is 49.4 Å². The lowest BCUT2D eigenvalue weighted by atomic mass is 10.1. The monoisotopic (exact) mass is 354 g/mol. The molecule has 132 valence electrons. The minimum absolute atomic E-state index is 0.0639. The minimum Gasteiger partial charge on any atom is -0.345 e. The third-order valence-electron chi connectivity index (χ3n) is 4.08. The van der Waals surface area contributed by atoms with Crippen LogP contribution >= 0.6 is 0 Å². The zero-order valence-corrected chi connectivity index (χ0v) is 13.8. The SMILES string of the molecule is O=C(NCC#Cc1ccccc1F)C1CC(=O)N(c2ccc(F)cc2)C1. The first-order valence-corrected chi connectivity index (χ1v) is 8.11. The van der Waals surface area contributed by atoms with Gasteiger partial charge in [-0.1, -0.05) is 24.0 Å². The molecular weight excluding hydrogens is 338 g/mol. The molecule has 1 unspecified atom stereocenters. The molecule has 0 aliphatic carbocycles. The van der Waals surface area contributed by atoms with Crippen molar-refractivity contribution >= 4 is 17.5 Å². The zero-order valence-electron chi connectivity index (χ0n) is 13.8. The molecular formula is C20H16F2N2O2. The van der Waals surface area contributed by atoms with Crippen molar-refractivity contribution in [1.82, 2.24) is 5.32 Å². The molecule has 0 spiro atoms. The van der Waals surface area contributed by atoms with Gasteiger partial charge in [0.2, 0.25) is 11.8 Å². The molecule has 0 saturated carbocycles. The number of carbonyl (C=O) groups is 2. The second-order valence-corrected chi connectivity index (χ2v) is 5.88. The summed E-state index contributed by atoms with van der Waals surface area (Å²) in [7, 11) is 0. The van der Waals surface area contributed by atoms with E-state index in [0.29, 0.717) is 5.69 Å². The Kier molecular flexibility index (Phi) is 5.28. The van der Waals surface area contributed by atoms with Crippen LogP contribution in [0.1, 0.15) is 12.0 Å². The molecule has 4 nitrogen and oxygen atoms in total. The van der Waals surface area contributed by atoms with Crippen molar-refractivity contribution in [2.24, 2.45) is 5.92 Å². The lowest BCUT2D eigenvalue weighted by molar-refractivity contribution is -0.126. The Morgan fingerprint density at radius 3 is 2.62 bits per heavy atom. The molecule has 1 N–H and O–H groups in total. The fraction of sp³-hybridized carbons (Fsp3) is 0.200. The summed E-state index contributed by atoms with van der Waals surface area (Å²) in [5.74, 6) is 3.58. The largest absolute Gasteiger partial charge is 0.345 e. The van der Waals surface area contributed by atoms with Crippen molar-refractivity contribution in [3.05, 3.63) is 65.7 Å². The van der Waals surface area contributed by atoms with Crippen LogP contribution in [0.4, 0.5) is 14.5 Å². The first-order valence-electron chi connectivity index (χ1n) is 8.11. The van der Waals surface area contributed by atoms with E-state index in [2.05, 4.69) is 17.2 Å². The maximum Gasteiger partial charge on any atom is 0.227 e. The molecule has 3 rings (SSSR count). The van der Waals surface area contributed by atoms with Gasteiger partial charge in [0.05, 0.1) is 18.0 Å². The first kappa shape index (κ1) is 17.6. The standard InChI is InChI=1S/C20H16F2N2O2/c21-16-7-9-17(10-8-16)24-13-15(12-19(24)25)20(26)23-11-3-5-14-4-1-2-6-18(14)22/h1-2,4,6-10,15H,11-13H2,(H,23,26). The number of amides is 2. The summed E-state index contributed by atoms with van der Waals surface area (Å²) in [4.78, 5) is 25.8. The van der Waals surface area contributed by atoms with Crippen LogP contribution in [0, 0.1) is 29.4 Å². The van der Waals surface area contributed by atoms with E-state index in [1.807, 2.05) is 0 Å². The van der Waals surface area contributed by atoms with E-state index in [1.165, 1.54) is 35.2 Å². The normalized spacial score (nSPS) is 16.2. The molecule has 2 amide bonds. The molecule has 26 heavy (non-hydrogen) atoms. The molecule has 2 aromatic carbocycles. The predicted molar refractivity (Wildman–Crippen MR) is 93.1 cm³/mol. The fourth-order valence-corrected chi connectivity index (χ4v) is 2.73. The van der Waals surface area contributed by atoms with E-state index in [-0.39, 0.29) is 42.7 Å². The lowest BCUT2D eigenvalue weighted by Crippen LogP contribution is -2.33. The molecule has 1 aliphatic rings. The maximum atomic E-state index is 13.4. The van der Waals surface area contributed by atoms with Crippen LogP contribution < -0.4 is 10.2 Å². The average Bonchev–Trinajstić information content (AvgIpc) is 3.02. The van der Waals surface area contributed by atoms with Crippen LogP contribution in [-0.4, -0.2) is 24.9 Å². The third-order valence-corrected chi connectivity index (χ3v) is 4.08. The van der Waals surface area contributed by atoms with Crippen LogP contribution in [0.2, 0.25) is 0 Å². The summed E-state index contributed by atoms with van der Waals surface area (Å²) < 4.78 is 26.4. The second-order valence-electron chi connectivity index (χ2n) is 5.88. The number of anilines is 1. The Bertz CT molecular complexity index is 885. The van der Waals surface area contributed by atoms with Crippen molar-refractivity contribution in [3.8, 4) is 11.8 Å². The lowest BCUT2D eigenvalue weighted by Gasteiger charge is -2.16. The van der Waals surface area contributed by atoms with Crippen molar-refractivity contribution in [2.75, 3.05) is 18.0 Å². The fourth-order valence-electron chi connectivity index (χ4n) is 2.73. The smallest absolute Gasteiger partial charge is 0.227 e. The van der Waals surface area contributed by atoms with Crippen molar-refractivity contribution in [3.63, 3.8) is 0 Å². The van der Waals surface area contributed by atoms with Crippen LogP contribution in [0.5, 0.6) is 0 Å². The van der Waals surface area contributed by atoms with Gasteiger partial charge in [0, 0.05) is 18.7 Å². The number of carbonyl (C=O) groups excluding carboxylic acids is 2. The number of halogens is 2. The van der Waals surface area contributed by atoms with Gasteiger partial charge in [-0.15, -0.1) is 0 Å². The average molecular weight is 354 g/mol. The first-order chi connectivity index (χ1) is 12.5. The van der Waals surface area contributed by atoms with Crippen molar-refractivity contribution in [1.29, 1.82) is 0 Å². The van der Waals surface area contributed by atoms with Gasteiger partial charge in [0.25, 0.3) is 0 Å². The Balaban J connectivity index is 1.55. The van der Waals surface area contributed by atoms with Crippen molar-refractivity contribution in [2.45, 2.75) is 6.42 Å². The van der Waals surface area contributed by atoms with Gasteiger partial charge in [-0.3, -0.25) is 9.59 Å². The van der Waals surface area contributed by atoms with Crippen LogP contribution in [0.25, 0.3) is 0 Å². The van der Waals surface area contributed by atoms with Gasteiger partial charge >= 0.3 is 0 Å². The van der Waals surface area contributed by atoms with Gasteiger partial charge in [-0.25, -0.2) is 8.78 Å². The highest BCUT2D eigenvalue weighted by Crippen LogP contribution is 2.25. The quantitative estimate of drug-likeness (QED) is 0.861. The molecule has 2 aromatic rings. The number of benzene rings is 2. The molecule has 1 heterocycles. The molecule has 1 atom stereocenters. The highest BCUT2D eigenvalue weighted by molar-refractivity contribution is 6.00. The summed E-state index contributed by atoms with van der Waals surface area (Å²) in [6, 6.07) is 11.7. The van der Waals surface area contributed by atoms with Crippen molar-refractivity contribution < 1.29 is 18.4 Å². The maximum absolute atomic E-state index is 13.4. The van der Waals surface area contributed by atoms with E-state index < -0.39 is 11.7 Å². The van der Waals surface area contributed by atoms with Crippen LogP contribution in [0.3, 0.4) is 0 Å². The molecule has 0 bridgehead atoms. The highest BCUT2D eigenvalue weighted by Gasteiger charge is 2.34. The van der Waals surface area contributed by atoms with Gasteiger partial charge < -0.3 is 10.2 Å². The molecule has 1 saturated heterocycles. The van der Waals surface area contributed by atoms with E-state index >= 15 is 0 Å². The van der Waals surface area contributed by atoms with Crippen LogP contribution in [0.15, 0.2) is 48.5 Å². The van der Waals surface area contributed by atoms with E-state index in [1.54, 1.807) is 18.2 Å². The Labute approximate surface area is 149 Å². The summed E-state index contributed by atoms with van der Waals surface area (Å²) in [6.45, 7) is 0.297. The summed E-state index contributed by atoms with van der Waals surface area (Å²) in [5.41, 5.74) is 0.825. The van der Waals surface area contributed by atoms with Crippen LogP contribution in [-0.2, 0) is 9.59 Å². The summed E-state index contributed by atoms with van der Waals surface area (Å²) in [6.07, 6.45) is 0.0873. The van der Waals surface area contributed by atoms with Gasteiger partial charge in [-0.2, -0.15) is 0 Å². The zero-order chi connectivity index (χ0) is 18.5. The minimum atomic E-state index is -0.497.